The molecule has 1 saturated heterocycles. The van der Waals surface area contributed by atoms with Crippen molar-refractivity contribution in [1.29, 1.82) is 0 Å². The van der Waals surface area contributed by atoms with E-state index in [1.54, 1.807) is 6.33 Å². The topological polar surface area (TPSA) is 50.3 Å². The first-order valence-corrected chi connectivity index (χ1v) is 9.21. The minimum absolute atomic E-state index is 0.311. The van der Waals surface area contributed by atoms with Gasteiger partial charge in [-0.2, -0.15) is 0 Å². The number of nitrogens with zero attached hydrogens (tertiary/aromatic N) is 3. The third-order valence-electron chi connectivity index (χ3n) is 6.42. The van der Waals surface area contributed by atoms with Crippen LogP contribution in [0.2, 0.25) is 0 Å². The third-order valence-corrected chi connectivity index (χ3v) is 6.42. The van der Waals surface area contributed by atoms with Crippen LogP contribution in [0.5, 0.6) is 0 Å². The predicted octanol–water partition coefficient (Wildman–Crippen LogP) is 2.69. The first-order chi connectivity index (χ1) is 11.3. The molecule has 23 heavy (non-hydrogen) atoms. The van der Waals surface area contributed by atoms with Crippen LogP contribution >= 0.6 is 0 Å². The van der Waals surface area contributed by atoms with Gasteiger partial charge in [-0.3, -0.25) is 0 Å². The number of morpholine rings is 1. The highest BCUT2D eigenvalue weighted by atomic mass is 16.5. The second kappa shape index (κ2) is 5.33. The van der Waals surface area contributed by atoms with E-state index in [9.17, 15) is 0 Å². The molecule has 1 aromatic rings. The average molecular weight is 314 g/mol. The van der Waals surface area contributed by atoms with Crippen molar-refractivity contribution in [2.24, 2.45) is 17.8 Å². The van der Waals surface area contributed by atoms with E-state index >= 15 is 0 Å². The molecule has 5 nitrogen and oxygen atoms in total. The van der Waals surface area contributed by atoms with Crippen molar-refractivity contribution in [3.8, 4) is 0 Å². The van der Waals surface area contributed by atoms with Gasteiger partial charge in [0.1, 0.15) is 18.0 Å². The van der Waals surface area contributed by atoms with E-state index in [2.05, 4.69) is 26.3 Å². The Hall–Kier alpha value is -1.36. The van der Waals surface area contributed by atoms with E-state index in [4.69, 9.17) is 4.74 Å². The summed E-state index contributed by atoms with van der Waals surface area (Å²) in [5.41, 5.74) is 0.311. The lowest BCUT2D eigenvalue weighted by molar-refractivity contribution is 0.0105. The van der Waals surface area contributed by atoms with Crippen LogP contribution in [0.4, 0.5) is 11.6 Å². The van der Waals surface area contributed by atoms with Crippen LogP contribution in [0.3, 0.4) is 0 Å². The molecule has 6 rings (SSSR count). The number of aromatic nitrogens is 2. The molecular formula is C18H26N4O. The van der Waals surface area contributed by atoms with Crippen LogP contribution in [0.1, 0.15) is 38.5 Å². The highest BCUT2D eigenvalue weighted by Gasteiger charge is 2.51. The van der Waals surface area contributed by atoms with Gasteiger partial charge in [0.25, 0.3) is 0 Å². The summed E-state index contributed by atoms with van der Waals surface area (Å²) < 4.78 is 5.44. The van der Waals surface area contributed by atoms with Crippen LogP contribution < -0.4 is 10.2 Å². The Morgan fingerprint density at radius 1 is 1.00 bits per heavy atom. The van der Waals surface area contributed by atoms with Gasteiger partial charge in [-0.1, -0.05) is 0 Å². The van der Waals surface area contributed by atoms with Gasteiger partial charge in [-0.05, 0) is 56.3 Å². The summed E-state index contributed by atoms with van der Waals surface area (Å²) >= 11 is 0. The van der Waals surface area contributed by atoms with Crippen molar-refractivity contribution in [3.63, 3.8) is 0 Å². The highest BCUT2D eigenvalue weighted by molar-refractivity contribution is 5.50. The van der Waals surface area contributed by atoms with Gasteiger partial charge in [0.05, 0.1) is 13.2 Å². The molecule has 0 spiro atoms. The van der Waals surface area contributed by atoms with Gasteiger partial charge >= 0.3 is 0 Å². The molecule has 1 aromatic heterocycles. The van der Waals surface area contributed by atoms with E-state index in [1.165, 1.54) is 38.5 Å². The van der Waals surface area contributed by atoms with E-state index in [1.807, 2.05) is 0 Å². The lowest BCUT2D eigenvalue weighted by Gasteiger charge is -2.57. The summed E-state index contributed by atoms with van der Waals surface area (Å²) in [5, 5.41) is 3.86. The first kappa shape index (κ1) is 14.0. The Morgan fingerprint density at radius 2 is 1.65 bits per heavy atom. The van der Waals surface area contributed by atoms with Gasteiger partial charge in [0.15, 0.2) is 0 Å². The molecule has 4 saturated carbocycles. The molecule has 0 amide bonds. The van der Waals surface area contributed by atoms with Crippen LogP contribution in [0.25, 0.3) is 0 Å². The Bertz CT molecular complexity index is 549. The van der Waals surface area contributed by atoms with Gasteiger partial charge in [-0.25, -0.2) is 9.97 Å². The second-order valence-electron chi connectivity index (χ2n) is 8.18. The zero-order chi connectivity index (χ0) is 15.3. The van der Waals surface area contributed by atoms with Gasteiger partial charge in [-0.15, -0.1) is 0 Å². The highest BCUT2D eigenvalue weighted by Crippen LogP contribution is 2.56. The molecule has 4 aliphatic carbocycles. The minimum Gasteiger partial charge on any atom is -0.378 e. The molecule has 124 valence electrons. The van der Waals surface area contributed by atoms with Crippen LogP contribution in [0, 0.1) is 17.8 Å². The van der Waals surface area contributed by atoms with E-state index in [0.717, 1.165) is 55.7 Å². The number of nitrogens with one attached hydrogen (secondary N) is 1. The summed E-state index contributed by atoms with van der Waals surface area (Å²) in [4.78, 5) is 11.3. The molecule has 5 fully saturated rings. The van der Waals surface area contributed by atoms with Crippen LogP contribution in [-0.2, 0) is 4.74 Å². The van der Waals surface area contributed by atoms with E-state index in [-0.39, 0.29) is 0 Å². The van der Waals surface area contributed by atoms with Gasteiger partial charge < -0.3 is 15.0 Å². The lowest BCUT2D eigenvalue weighted by atomic mass is 9.53. The third kappa shape index (κ3) is 2.59. The SMILES string of the molecule is c1nc(NC23CC4CC(CC(C4)C2)C3)cc(N2CCOCC2)n1. The summed E-state index contributed by atoms with van der Waals surface area (Å²) in [7, 11) is 0. The van der Waals surface area contributed by atoms with Crippen molar-refractivity contribution in [2.45, 2.75) is 44.1 Å². The fourth-order valence-corrected chi connectivity index (χ4v) is 5.92. The monoisotopic (exact) mass is 314 g/mol. The largest absolute Gasteiger partial charge is 0.378 e. The van der Waals surface area contributed by atoms with Crippen molar-refractivity contribution >= 4 is 11.6 Å². The average Bonchev–Trinajstić information content (AvgIpc) is 2.54. The Morgan fingerprint density at radius 3 is 2.30 bits per heavy atom. The number of ether oxygens (including phenoxy) is 1. The summed E-state index contributed by atoms with van der Waals surface area (Å²) in [5.74, 6) is 4.91. The Labute approximate surface area is 137 Å². The van der Waals surface area contributed by atoms with E-state index in [0.29, 0.717) is 5.54 Å². The normalized spacial score (nSPS) is 38.8. The number of hydrogen-bond acceptors (Lipinski definition) is 5. The molecule has 5 aliphatic rings. The van der Waals surface area contributed by atoms with Crippen LogP contribution in [0.15, 0.2) is 12.4 Å². The Kier molecular flexibility index (Phi) is 3.25. The molecule has 0 aromatic carbocycles. The molecule has 4 bridgehead atoms. The van der Waals surface area contributed by atoms with Gasteiger partial charge in [0.2, 0.25) is 0 Å². The number of rotatable bonds is 3. The summed E-state index contributed by atoms with van der Waals surface area (Å²) in [6, 6.07) is 2.14. The van der Waals surface area contributed by atoms with Crippen LogP contribution in [-0.4, -0.2) is 41.8 Å². The maximum atomic E-state index is 5.44. The zero-order valence-electron chi connectivity index (χ0n) is 13.7. The standard InChI is InChI=1S/C18H26N4O/c1-3-23-4-2-22(1)17-8-16(19-12-20-17)21-18-9-13-5-14(10-18)7-15(6-13)11-18/h8,12-15H,1-7,9-11H2,(H,19,20,21). The smallest absolute Gasteiger partial charge is 0.134 e. The maximum absolute atomic E-state index is 5.44. The van der Waals surface area contributed by atoms with Crippen molar-refractivity contribution in [3.05, 3.63) is 12.4 Å². The van der Waals surface area contributed by atoms with Crippen molar-refractivity contribution in [1.82, 2.24) is 9.97 Å². The molecule has 1 aliphatic heterocycles. The molecule has 0 atom stereocenters. The van der Waals surface area contributed by atoms with Crippen molar-refractivity contribution in [2.75, 3.05) is 36.5 Å². The molecule has 1 N–H and O–H groups in total. The number of anilines is 2. The van der Waals surface area contributed by atoms with Crippen molar-refractivity contribution < 1.29 is 4.74 Å². The number of hydrogen-bond donors (Lipinski definition) is 1. The Balaban J connectivity index is 1.36. The minimum atomic E-state index is 0.311. The first-order valence-electron chi connectivity index (χ1n) is 9.21. The zero-order valence-corrected chi connectivity index (χ0v) is 13.7. The quantitative estimate of drug-likeness (QED) is 0.929. The molecule has 0 radical (unpaired) electrons. The predicted molar refractivity (Wildman–Crippen MR) is 89.6 cm³/mol. The lowest BCUT2D eigenvalue weighted by Crippen LogP contribution is -2.54. The van der Waals surface area contributed by atoms with Gasteiger partial charge in [0, 0.05) is 24.7 Å². The second-order valence-corrected chi connectivity index (χ2v) is 8.18. The summed E-state index contributed by atoms with van der Waals surface area (Å²) in [6.45, 7) is 3.44. The molecule has 2 heterocycles. The fraction of sp³-hybridized carbons (Fsp3) is 0.778. The summed E-state index contributed by atoms with van der Waals surface area (Å²) in [6.07, 6.45) is 10.2. The molecule has 5 heteroatoms. The fourth-order valence-electron chi connectivity index (χ4n) is 5.92. The maximum Gasteiger partial charge on any atom is 0.134 e. The molecule has 0 unspecified atom stereocenters. The molecular weight excluding hydrogens is 288 g/mol. The van der Waals surface area contributed by atoms with E-state index < -0.39 is 0 Å².